The summed E-state index contributed by atoms with van der Waals surface area (Å²) in [6.07, 6.45) is 1.59. The van der Waals surface area contributed by atoms with Gasteiger partial charge in [-0.15, -0.1) is 0 Å². The van der Waals surface area contributed by atoms with Crippen LogP contribution in [0.25, 0.3) is 0 Å². The van der Waals surface area contributed by atoms with Gasteiger partial charge in [-0.25, -0.2) is 4.79 Å². The van der Waals surface area contributed by atoms with Gasteiger partial charge < -0.3 is 19.4 Å². The summed E-state index contributed by atoms with van der Waals surface area (Å²) >= 11 is 0.301. The monoisotopic (exact) mass is 486 g/mol. The third kappa shape index (κ3) is 5.45. The van der Waals surface area contributed by atoms with E-state index < -0.39 is 36.2 Å². The standard InChI is InChI=1S/C24H20F2N2O5S/c25-24(26)34-20-10-4-3-8-17(20)27-21(29)14-33-23(31)18-12-15-6-1-2-7-16(15)13-28(18)22(30)19-9-5-11-32-19/h1-11,18,24H,12-14H2,(H,27,29)/t18-/m0/s1. The van der Waals surface area contributed by atoms with E-state index in [0.29, 0.717) is 11.8 Å². The van der Waals surface area contributed by atoms with Crippen LogP contribution >= 0.6 is 11.8 Å². The number of carbonyl (C=O) groups excluding carboxylic acids is 3. The van der Waals surface area contributed by atoms with Crippen LogP contribution in [0, 0.1) is 0 Å². The van der Waals surface area contributed by atoms with Crippen molar-refractivity contribution in [3.8, 4) is 0 Å². The van der Waals surface area contributed by atoms with Crippen molar-refractivity contribution in [3.05, 3.63) is 83.8 Å². The van der Waals surface area contributed by atoms with Gasteiger partial charge >= 0.3 is 5.97 Å². The van der Waals surface area contributed by atoms with Crippen molar-refractivity contribution in [2.75, 3.05) is 11.9 Å². The first-order chi connectivity index (χ1) is 16.4. The number of fused-ring (bicyclic) bond motifs is 1. The fourth-order valence-corrected chi connectivity index (χ4v) is 4.27. The molecule has 0 bridgehead atoms. The van der Waals surface area contributed by atoms with Crippen LogP contribution < -0.4 is 5.32 Å². The number of para-hydroxylation sites is 1. The van der Waals surface area contributed by atoms with Gasteiger partial charge in [0.05, 0.1) is 12.0 Å². The second-order valence-electron chi connectivity index (χ2n) is 7.43. The zero-order valence-electron chi connectivity index (χ0n) is 17.8. The second kappa shape index (κ2) is 10.5. The van der Waals surface area contributed by atoms with Crippen molar-refractivity contribution < 1.29 is 32.3 Å². The Morgan fingerprint density at radius 1 is 1.06 bits per heavy atom. The summed E-state index contributed by atoms with van der Waals surface area (Å²) in [7, 11) is 0. The number of rotatable bonds is 7. The van der Waals surface area contributed by atoms with Gasteiger partial charge in [-0.05, 0) is 35.4 Å². The second-order valence-corrected chi connectivity index (χ2v) is 8.46. The zero-order valence-corrected chi connectivity index (χ0v) is 18.6. The molecule has 0 saturated heterocycles. The number of nitrogens with one attached hydrogen (secondary N) is 1. The molecule has 1 aliphatic rings. The molecular weight excluding hydrogens is 466 g/mol. The number of halogens is 2. The number of amides is 2. The summed E-state index contributed by atoms with van der Waals surface area (Å²) in [4.78, 5) is 39.8. The molecule has 2 aromatic carbocycles. The third-order valence-corrected chi connectivity index (χ3v) is 6.02. The number of hydrogen-bond acceptors (Lipinski definition) is 6. The Hall–Kier alpha value is -3.66. The molecule has 0 fully saturated rings. The first-order valence-electron chi connectivity index (χ1n) is 10.3. The number of ether oxygens (including phenoxy) is 1. The van der Waals surface area contributed by atoms with Crippen LogP contribution in [0.3, 0.4) is 0 Å². The summed E-state index contributed by atoms with van der Waals surface area (Å²) in [5.41, 5.74) is 1.99. The number of hydrogen-bond donors (Lipinski definition) is 1. The molecule has 1 N–H and O–H groups in total. The van der Waals surface area contributed by atoms with Crippen molar-refractivity contribution in [1.82, 2.24) is 4.90 Å². The minimum atomic E-state index is -2.65. The van der Waals surface area contributed by atoms with Crippen molar-refractivity contribution >= 4 is 35.2 Å². The fraction of sp³-hybridized carbons (Fsp3) is 0.208. The Kier molecular flexibility index (Phi) is 7.27. The van der Waals surface area contributed by atoms with E-state index in [0.717, 1.165) is 11.1 Å². The van der Waals surface area contributed by atoms with Crippen LogP contribution in [-0.4, -0.2) is 41.1 Å². The van der Waals surface area contributed by atoms with E-state index in [1.807, 2.05) is 24.3 Å². The Morgan fingerprint density at radius 2 is 1.79 bits per heavy atom. The minimum Gasteiger partial charge on any atom is -0.459 e. The molecule has 0 saturated carbocycles. The van der Waals surface area contributed by atoms with Crippen LogP contribution in [-0.2, 0) is 27.3 Å². The quantitative estimate of drug-likeness (QED) is 0.395. The Morgan fingerprint density at radius 3 is 2.53 bits per heavy atom. The maximum absolute atomic E-state index is 13.0. The highest BCUT2D eigenvalue weighted by molar-refractivity contribution is 7.99. The van der Waals surface area contributed by atoms with Gasteiger partial charge in [0.15, 0.2) is 12.4 Å². The number of anilines is 1. The van der Waals surface area contributed by atoms with E-state index in [2.05, 4.69) is 5.32 Å². The highest BCUT2D eigenvalue weighted by Gasteiger charge is 2.37. The Labute approximate surface area is 198 Å². The maximum Gasteiger partial charge on any atom is 0.329 e. The number of thioether (sulfide) groups is 1. The van der Waals surface area contributed by atoms with E-state index in [1.54, 1.807) is 18.2 Å². The van der Waals surface area contributed by atoms with E-state index in [4.69, 9.17) is 9.15 Å². The van der Waals surface area contributed by atoms with Crippen molar-refractivity contribution in [2.45, 2.75) is 29.7 Å². The van der Waals surface area contributed by atoms with Gasteiger partial charge in [0.25, 0.3) is 17.6 Å². The molecule has 0 radical (unpaired) electrons. The Bertz CT molecular complexity index is 1190. The molecule has 1 atom stereocenters. The predicted octanol–water partition coefficient (Wildman–Crippen LogP) is 4.34. The molecule has 0 aliphatic carbocycles. The molecule has 34 heavy (non-hydrogen) atoms. The summed E-state index contributed by atoms with van der Waals surface area (Å²) < 4.78 is 35.9. The van der Waals surface area contributed by atoms with Gasteiger partial charge in [0, 0.05) is 17.9 Å². The highest BCUT2D eigenvalue weighted by Crippen LogP contribution is 2.31. The molecule has 0 unspecified atom stereocenters. The van der Waals surface area contributed by atoms with Crippen LogP contribution in [0.1, 0.15) is 21.7 Å². The van der Waals surface area contributed by atoms with Gasteiger partial charge in [0.1, 0.15) is 6.04 Å². The van der Waals surface area contributed by atoms with E-state index in [1.165, 1.54) is 29.4 Å². The molecule has 0 spiro atoms. The summed E-state index contributed by atoms with van der Waals surface area (Å²) in [6.45, 7) is -0.451. The van der Waals surface area contributed by atoms with E-state index >= 15 is 0 Å². The third-order valence-electron chi connectivity index (χ3n) is 5.24. The molecule has 1 aliphatic heterocycles. The minimum absolute atomic E-state index is 0.0862. The average molecular weight is 486 g/mol. The zero-order chi connectivity index (χ0) is 24.1. The molecule has 4 rings (SSSR count). The summed E-state index contributed by atoms with van der Waals surface area (Å²) in [5.74, 6) is -4.47. The molecule has 10 heteroatoms. The van der Waals surface area contributed by atoms with E-state index in [9.17, 15) is 23.2 Å². The fourth-order valence-electron chi connectivity index (χ4n) is 3.68. The molecule has 176 valence electrons. The van der Waals surface area contributed by atoms with Crippen LogP contribution in [0.5, 0.6) is 0 Å². The lowest BCUT2D eigenvalue weighted by molar-refractivity contribution is -0.152. The number of alkyl halides is 2. The smallest absolute Gasteiger partial charge is 0.329 e. The first kappa shape index (κ1) is 23.5. The number of esters is 1. The lowest BCUT2D eigenvalue weighted by Crippen LogP contribution is -2.49. The summed E-state index contributed by atoms with van der Waals surface area (Å²) in [5, 5.41) is 2.48. The molecule has 3 aromatic rings. The molecule has 7 nitrogen and oxygen atoms in total. The molecule has 1 aromatic heterocycles. The van der Waals surface area contributed by atoms with E-state index in [-0.39, 0.29) is 29.3 Å². The van der Waals surface area contributed by atoms with Gasteiger partial charge in [0.2, 0.25) is 0 Å². The molecule has 2 heterocycles. The van der Waals surface area contributed by atoms with Crippen molar-refractivity contribution in [3.63, 3.8) is 0 Å². The van der Waals surface area contributed by atoms with Gasteiger partial charge in [-0.3, -0.25) is 9.59 Å². The normalized spacial score (nSPS) is 15.0. The predicted molar refractivity (Wildman–Crippen MR) is 120 cm³/mol. The number of benzene rings is 2. The van der Waals surface area contributed by atoms with Crippen molar-refractivity contribution in [1.29, 1.82) is 0 Å². The maximum atomic E-state index is 13.0. The average Bonchev–Trinajstić information content (AvgIpc) is 3.37. The van der Waals surface area contributed by atoms with Gasteiger partial charge in [-0.2, -0.15) is 8.78 Å². The number of nitrogens with zero attached hydrogens (tertiary/aromatic N) is 1. The van der Waals surface area contributed by atoms with Gasteiger partial charge in [-0.1, -0.05) is 48.2 Å². The Balaban J connectivity index is 1.44. The lowest BCUT2D eigenvalue weighted by atomic mass is 9.93. The molecular formula is C24H20F2N2O5S. The first-order valence-corrected chi connectivity index (χ1v) is 11.2. The lowest BCUT2D eigenvalue weighted by Gasteiger charge is -2.34. The SMILES string of the molecule is O=C(COC(=O)[C@@H]1Cc2ccccc2CN1C(=O)c1ccco1)Nc1ccccc1SC(F)F. The summed E-state index contributed by atoms with van der Waals surface area (Å²) in [6, 6.07) is 15.7. The highest BCUT2D eigenvalue weighted by atomic mass is 32.2. The van der Waals surface area contributed by atoms with Crippen LogP contribution in [0.15, 0.2) is 76.2 Å². The molecule has 2 amide bonds. The number of carbonyl (C=O) groups is 3. The largest absolute Gasteiger partial charge is 0.459 e. The number of furan rings is 1. The van der Waals surface area contributed by atoms with Crippen LogP contribution in [0.4, 0.5) is 14.5 Å². The van der Waals surface area contributed by atoms with Crippen molar-refractivity contribution in [2.24, 2.45) is 0 Å². The van der Waals surface area contributed by atoms with Crippen LogP contribution in [0.2, 0.25) is 0 Å². The topological polar surface area (TPSA) is 88.9 Å².